The fraction of sp³-hybridized carbons (Fsp3) is 0.286. The van der Waals surface area contributed by atoms with Crippen LogP contribution < -0.4 is 5.32 Å². The van der Waals surface area contributed by atoms with Crippen LogP contribution in [-0.2, 0) is 12.8 Å². The molecule has 1 aromatic carbocycles. The van der Waals surface area contributed by atoms with E-state index in [1.54, 1.807) is 6.20 Å². The van der Waals surface area contributed by atoms with Crippen LogP contribution in [0.25, 0.3) is 0 Å². The summed E-state index contributed by atoms with van der Waals surface area (Å²) >= 11 is 7.35. The van der Waals surface area contributed by atoms with Crippen LogP contribution in [0.1, 0.15) is 27.2 Å². The molecule has 0 saturated carbocycles. The molecule has 0 fully saturated rings. The smallest absolute Gasteiger partial charge is 0.263 e. The van der Waals surface area contributed by atoms with Crippen molar-refractivity contribution in [3.63, 3.8) is 0 Å². The van der Waals surface area contributed by atoms with Gasteiger partial charge in [0, 0.05) is 11.6 Å². The van der Waals surface area contributed by atoms with Crippen LogP contribution >= 0.6 is 22.9 Å². The lowest BCUT2D eigenvalue weighted by Crippen LogP contribution is -2.24. The molecule has 3 nitrogen and oxygen atoms in total. The summed E-state index contributed by atoms with van der Waals surface area (Å²) in [6, 6.07) is 7.67. The zero-order chi connectivity index (χ0) is 13.7. The van der Waals surface area contributed by atoms with Gasteiger partial charge in [0.25, 0.3) is 5.91 Å². The predicted molar refractivity (Wildman–Crippen MR) is 79.0 cm³/mol. The summed E-state index contributed by atoms with van der Waals surface area (Å²) < 4.78 is 0. The van der Waals surface area contributed by atoms with Gasteiger partial charge in [0.2, 0.25) is 0 Å². The van der Waals surface area contributed by atoms with Crippen LogP contribution in [0.5, 0.6) is 0 Å². The number of carbonyl (C=O) groups is 1. The molecule has 1 heterocycles. The molecular weight excluding hydrogens is 280 g/mol. The Hall–Kier alpha value is -1.39. The minimum Gasteiger partial charge on any atom is -0.351 e. The summed E-state index contributed by atoms with van der Waals surface area (Å²) in [7, 11) is 0. The second-order valence-electron chi connectivity index (χ2n) is 4.11. The maximum atomic E-state index is 11.9. The van der Waals surface area contributed by atoms with Crippen LogP contribution in [0.3, 0.4) is 0 Å². The van der Waals surface area contributed by atoms with Gasteiger partial charge >= 0.3 is 0 Å². The van der Waals surface area contributed by atoms with Crippen molar-refractivity contribution in [1.29, 1.82) is 0 Å². The quantitative estimate of drug-likeness (QED) is 0.919. The number of nitrogens with one attached hydrogen (secondary N) is 1. The maximum absolute atomic E-state index is 11.9. The summed E-state index contributed by atoms with van der Waals surface area (Å²) in [5.74, 6) is -0.0563. The minimum atomic E-state index is -0.0563. The van der Waals surface area contributed by atoms with Crippen LogP contribution in [-0.4, -0.2) is 17.4 Å². The second-order valence-corrected chi connectivity index (χ2v) is 5.66. The SMILES string of the molecule is CCc1ncc(C(=O)NCCc2cccc(Cl)c2)s1. The number of aromatic nitrogens is 1. The van der Waals surface area contributed by atoms with Crippen molar-refractivity contribution in [2.24, 2.45) is 0 Å². The first kappa shape index (κ1) is 14.0. The Balaban J connectivity index is 1.84. The van der Waals surface area contributed by atoms with Crippen molar-refractivity contribution >= 4 is 28.8 Å². The first-order valence-electron chi connectivity index (χ1n) is 6.16. The van der Waals surface area contributed by atoms with Crippen LogP contribution in [0.2, 0.25) is 5.02 Å². The lowest BCUT2D eigenvalue weighted by atomic mass is 10.1. The number of hydrogen-bond donors (Lipinski definition) is 1. The van der Waals surface area contributed by atoms with Gasteiger partial charge in [-0.1, -0.05) is 30.7 Å². The molecule has 0 aliphatic rings. The number of carbonyl (C=O) groups excluding carboxylic acids is 1. The summed E-state index contributed by atoms with van der Waals surface area (Å²) in [6.07, 6.45) is 3.27. The summed E-state index contributed by atoms with van der Waals surface area (Å²) in [5, 5.41) is 4.60. The molecule has 1 N–H and O–H groups in total. The number of hydrogen-bond acceptors (Lipinski definition) is 3. The van der Waals surface area contributed by atoms with Gasteiger partial charge in [-0.3, -0.25) is 4.79 Å². The highest BCUT2D eigenvalue weighted by atomic mass is 35.5. The number of aryl methyl sites for hydroxylation is 1. The van der Waals surface area contributed by atoms with E-state index in [0.29, 0.717) is 11.4 Å². The van der Waals surface area contributed by atoms with Gasteiger partial charge in [-0.05, 0) is 30.5 Å². The monoisotopic (exact) mass is 294 g/mol. The van der Waals surface area contributed by atoms with E-state index in [-0.39, 0.29) is 5.91 Å². The molecule has 2 rings (SSSR count). The standard InChI is InChI=1S/C14H15ClN2OS/c1-2-13-17-9-12(19-13)14(18)16-7-6-10-4-3-5-11(15)8-10/h3-5,8-9H,2,6-7H2,1H3,(H,16,18). The Kier molecular flexibility index (Phi) is 4.93. The lowest BCUT2D eigenvalue weighted by molar-refractivity contribution is 0.0958. The third-order valence-electron chi connectivity index (χ3n) is 2.67. The highest BCUT2D eigenvalue weighted by molar-refractivity contribution is 7.13. The molecule has 0 saturated heterocycles. The van der Waals surface area contributed by atoms with Crippen molar-refractivity contribution in [1.82, 2.24) is 10.3 Å². The second kappa shape index (κ2) is 6.68. The molecule has 0 bridgehead atoms. The zero-order valence-corrected chi connectivity index (χ0v) is 12.2. The number of rotatable bonds is 5. The van der Waals surface area contributed by atoms with E-state index < -0.39 is 0 Å². The molecule has 0 aliphatic carbocycles. The molecule has 1 aromatic heterocycles. The largest absolute Gasteiger partial charge is 0.351 e. The summed E-state index contributed by atoms with van der Waals surface area (Å²) in [5.41, 5.74) is 1.12. The van der Waals surface area contributed by atoms with Gasteiger partial charge in [0.15, 0.2) is 0 Å². The van der Waals surface area contributed by atoms with E-state index >= 15 is 0 Å². The molecular formula is C14H15ClN2OS. The Morgan fingerprint density at radius 3 is 3.00 bits per heavy atom. The number of nitrogens with zero attached hydrogens (tertiary/aromatic N) is 1. The molecule has 1 amide bonds. The lowest BCUT2D eigenvalue weighted by Gasteiger charge is -2.04. The van der Waals surface area contributed by atoms with Crippen LogP contribution in [0.4, 0.5) is 0 Å². The molecule has 19 heavy (non-hydrogen) atoms. The fourth-order valence-corrected chi connectivity index (χ4v) is 2.67. The molecule has 100 valence electrons. The molecule has 0 aliphatic heterocycles. The average Bonchev–Trinajstić information content (AvgIpc) is 2.87. The van der Waals surface area contributed by atoms with Crippen molar-refractivity contribution in [2.45, 2.75) is 19.8 Å². The topological polar surface area (TPSA) is 42.0 Å². The first-order chi connectivity index (χ1) is 9.19. The first-order valence-corrected chi connectivity index (χ1v) is 7.36. The van der Waals surface area contributed by atoms with E-state index in [1.807, 2.05) is 31.2 Å². The molecule has 0 radical (unpaired) electrons. The van der Waals surface area contributed by atoms with E-state index in [1.165, 1.54) is 11.3 Å². The summed E-state index contributed by atoms with van der Waals surface area (Å²) in [6.45, 7) is 2.62. The van der Waals surface area contributed by atoms with Crippen molar-refractivity contribution in [3.8, 4) is 0 Å². The predicted octanol–water partition coefficient (Wildman–Crippen LogP) is 3.33. The van der Waals surface area contributed by atoms with Crippen molar-refractivity contribution in [3.05, 3.63) is 50.9 Å². The van der Waals surface area contributed by atoms with Crippen molar-refractivity contribution < 1.29 is 4.79 Å². The minimum absolute atomic E-state index is 0.0563. The van der Waals surface area contributed by atoms with Crippen LogP contribution in [0.15, 0.2) is 30.5 Å². The molecule has 2 aromatic rings. The Labute approximate surface area is 121 Å². The maximum Gasteiger partial charge on any atom is 0.263 e. The third-order valence-corrected chi connectivity index (χ3v) is 4.04. The van der Waals surface area contributed by atoms with Gasteiger partial charge in [0.05, 0.1) is 11.2 Å². The highest BCUT2D eigenvalue weighted by Gasteiger charge is 2.09. The molecule has 5 heteroatoms. The number of amides is 1. The molecule has 0 atom stereocenters. The van der Waals surface area contributed by atoms with E-state index in [4.69, 9.17) is 11.6 Å². The zero-order valence-electron chi connectivity index (χ0n) is 10.6. The van der Waals surface area contributed by atoms with E-state index in [2.05, 4.69) is 10.3 Å². The number of halogens is 1. The van der Waals surface area contributed by atoms with Gasteiger partial charge in [-0.2, -0.15) is 0 Å². The number of thiazole rings is 1. The Morgan fingerprint density at radius 2 is 2.32 bits per heavy atom. The van der Waals surface area contributed by atoms with Gasteiger partial charge < -0.3 is 5.32 Å². The van der Waals surface area contributed by atoms with Crippen LogP contribution in [0, 0.1) is 0 Å². The third kappa shape index (κ3) is 4.04. The molecule has 0 unspecified atom stereocenters. The molecule has 0 spiro atoms. The Bertz CT molecular complexity index is 568. The summed E-state index contributed by atoms with van der Waals surface area (Å²) in [4.78, 5) is 16.7. The van der Waals surface area contributed by atoms with Crippen molar-refractivity contribution in [2.75, 3.05) is 6.54 Å². The Morgan fingerprint density at radius 1 is 1.47 bits per heavy atom. The van der Waals surface area contributed by atoms with E-state index in [9.17, 15) is 4.79 Å². The normalized spacial score (nSPS) is 10.4. The number of benzene rings is 1. The highest BCUT2D eigenvalue weighted by Crippen LogP contribution is 2.13. The van der Waals surface area contributed by atoms with Gasteiger partial charge in [0.1, 0.15) is 4.88 Å². The van der Waals surface area contributed by atoms with Gasteiger partial charge in [-0.25, -0.2) is 4.98 Å². The van der Waals surface area contributed by atoms with Gasteiger partial charge in [-0.15, -0.1) is 11.3 Å². The van der Waals surface area contributed by atoms with E-state index in [0.717, 1.165) is 28.4 Å². The fourth-order valence-electron chi connectivity index (χ4n) is 1.68. The average molecular weight is 295 g/mol.